The fourth-order valence-corrected chi connectivity index (χ4v) is 1.60. The number of nitrogens with zero attached hydrogens (tertiary/aromatic N) is 1. The molecule has 25 heavy (non-hydrogen) atoms. The van der Waals surface area contributed by atoms with Crippen LogP contribution < -0.4 is 0 Å². The van der Waals surface area contributed by atoms with Crippen molar-refractivity contribution in [1.82, 2.24) is 0 Å². The van der Waals surface area contributed by atoms with Crippen LogP contribution in [0.5, 0.6) is 0 Å². The van der Waals surface area contributed by atoms with Gasteiger partial charge in [0.1, 0.15) is 13.2 Å². The number of carbonyl (C=O) groups is 3. The summed E-state index contributed by atoms with van der Waals surface area (Å²) in [6.07, 6.45) is -3.64. The Bertz CT molecular complexity index is 450. The highest BCUT2D eigenvalue weighted by Gasteiger charge is 2.21. The van der Waals surface area contributed by atoms with Crippen LogP contribution in [-0.2, 0) is 28.6 Å². The van der Waals surface area contributed by atoms with Crippen LogP contribution in [0.3, 0.4) is 0 Å². The zero-order valence-corrected chi connectivity index (χ0v) is 14.5. The van der Waals surface area contributed by atoms with Crippen molar-refractivity contribution in [2.45, 2.75) is 64.4 Å². The number of carbonyl (C=O) groups excluding carboxylic acids is 3. The highest BCUT2D eigenvalue weighted by atomic mass is 16.6. The van der Waals surface area contributed by atoms with Crippen molar-refractivity contribution < 1.29 is 38.8 Å². The summed E-state index contributed by atoms with van der Waals surface area (Å²) in [6, 6.07) is -0.757. The lowest BCUT2D eigenvalue weighted by atomic mass is 10.2. The van der Waals surface area contributed by atoms with E-state index in [0.717, 1.165) is 0 Å². The first-order chi connectivity index (χ1) is 11.6. The Hall–Kier alpha value is -2.07. The molecule has 0 aliphatic carbocycles. The average molecular weight is 363 g/mol. The molecule has 144 valence electrons. The summed E-state index contributed by atoms with van der Waals surface area (Å²) in [4.78, 5) is 44.8. The van der Waals surface area contributed by atoms with Gasteiger partial charge in [0.05, 0.1) is 37.5 Å². The van der Waals surface area contributed by atoms with Gasteiger partial charge in [0, 0.05) is 0 Å². The molecule has 0 aromatic rings. The molecule has 10 nitrogen and oxygen atoms in total. The molecular weight excluding hydrogens is 338 g/mol. The first-order valence-corrected chi connectivity index (χ1v) is 7.83. The number of hydrogen-bond acceptors (Lipinski definition) is 10. The molecule has 0 spiro atoms. The van der Waals surface area contributed by atoms with E-state index >= 15 is 0 Å². The van der Waals surface area contributed by atoms with Crippen LogP contribution in [0, 0.1) is 4.91 Å². The minimum Gasteiger partial charge on any atom is -0.462 e. The molecule has 0 amide bonds. The summed E-state index contributed by atoms with van der Waals surface area (Å²) in [5, 5.41) is 20.9. The number of hydrogen-bond donors (Lipinski definition) is 2. The van der Waals surface area contributed by atoms with Gasteiger partial charge in [-0.3, -0.25) is 14.4 Å². The van der Waals surface area contributed by atoms with E-state index in [4.69, 9.17) is 24.4 Å². The van der Waals surface area contributed by atoms with Crippen molar-refractivity contribution >= 4 is 17.9 Å². The maximum atomic E-state index is 11.6. The SMILES string of the molecule is CC(O)CC(=O)OCC(COC(=O)CC(C)N=O)OC(=O)CC(C)O. The molecule has 4 atom stereocenters. The lowest BCUT2D eigenvalue weighted by Gasteiger charge is -2.19. The zero-order valence-electron chi connectivity index (χ0n) is 14.5. The number of aliphatic hydroxyl groups is 2. The molecule has 10 heteroatoms. The van der Waals surface area contributed by atoms with Gasteiger partial charge < -0.3 is 24.4 Å². The largest absolute Gasteiger partial charge is 0.462 e. The summed E-state index contributed by atoms with van der Waals surface area (Å²) in [5.74, 6) is -2.19. The van der Waals surface area contributed by atoms with Crippen LogP contribution in [0.2, 0.25) is 0 Å². The Morgan fingerprint density at radius 2 is 1.28 bits per heavy atom. The zero-order chi connectivity index (χ0) is 19.4. The predicted molar refractivity (Wildman–Crippen MR) is 84.3 cm³/mol. The molecule has 2 N–H and O–H groups in total. The predicted octanol–water partition coefficient (Wildman–Crippen LogP) is 0.0714. The maximum absolute atomic E-state index is 11.6. The summed E-state index contributed by atoms with van der Waals surface area (Å²) in [6.45, 7) is 3.47. The molecule has 0 radical (unpaired) electrons. The van der Waals surface area contributed by atoms with Gasteiger partial charge >= 0.3 is 17.9 Å². The van der Waals surface area contributed by atoms with E-state index < -0.39 is 48.9 Å². The van der Waals surface area contributed by atoms with Crippen LogP contribution >= 0.6 is 0 Å². The quantitative estimate of drug-likeness (QED) is 0.279. The van der Waals surface area contributed by atoms with Crippen LogP contribution in [0.25, 0.3) is 0 Å². The Labute approximate surface area is 145 Å². The van der Waals surface area contributed by atoms with Crippen molar-refractivity contribution in [1.29, 1.82) is 0 Å². The minimum absolute atomic E-state index is 0.236. The fourth-order valence-electron chi connectivity index (χ4n) is 1.60. The molecule has 0 bridgehead atoms. The van der Waals surface area contributed by atoms with Crippen LogP contribution in [0.1, 0.15) is 40.0 Å². The van der Waals surface area contributed by atoms with Gasteiger partial charge in [0.15, 0.2) is 6.10 Å². The van der Waals surface area contributed by atoms with Crippen molar-refractivity contribution in [3.05, 3.63) is 4.91 Å². The van der Waals surface area contributed by atoms with Crippen LogP contribution in [-0.4, -0.2) is 65.7 Å². The van der Waals surface area contributed by atoms with Gasteiger partial charge in [-0.2, -0.15) is 4.91 Å². The van der Waals surface area contributed by atoms with E-state index in [0.29, 0.717) is 0 Å². The highest BCUT2D eigenvalue weighted by molar-refractivity contribution is 5.71. The third-order valence-corrected chi connectivity index (χ3v) is 2.72. The van der Waals surface area contributed by atoms with Crippen molar-refractivity contribution in [2.24, 2.45) is 5.18 Å². The molecular formula is C15H25NO9. The van der Waals surface area contributed by atoms with E-state index in [2.05, 4.69) is 5.18 Å². The first-order valence-electron chi connectivity index (χ1n) is 7.83. The van der Waals surface area contributed by atoms with Crippen molar-refractivity contribution in [3.63, 3.8) is 0 Å². The summed E-state index contributed by atoms with van der Waals surface area (Å²) in [7, 11) is 0. The molecule has 0 aliphatic heterocycles. The van der Waals surface area contributed by atoms with E-state index in [1.54, 1.807) is 0 Å². The molecule has 0 heterocycles. The third kappa shape index (κ3) is 13.0. The molecule has 0 aromatic heterocycles. The molecule has 0 rings (SSSR count). The summed E-state index contributed by atoms with van der Waals surface area (Å²) >= 11 is 0. The number of ether oxygens (including phenoxy) is 3. The van der Waals surface area contributed by atoms with Crippen molar-refractivity contribution in [3.8, 4) is 0 Å². The van der Waals surface area contributed by atoms with Gasteiger partial charge in [0.25, 0.3) is 0 Å². The maximum Gasteiger partial charge on any atom is 0.308 e. The number of esters is 3. The van der Waals surface area contributed by atoms with Gasteiger partial charge in [-0.15, -0.1) is 0 Å². The molecule has 0 saturated carbocycles. The number of nitroso groups, excluding NO2 is 1. The topological polar surface area (TPSA) is 149 Å². The second-order valence-electron chi connectivity index (χ2n) is 5.74. The van der Waals surface area contributed by atoms with Crippen LogP contribution in [0.4, 0.5) is 0 Å². The van der Waals surface area contributed by atoms with Crippen LogP contribution in [0.15, 0.2) is 5.18 Å². The van der Waals surface area contributed by atoms with E-state index in [9.17, 15) is 19.3 Å². The second-order valence-corrected chi connectivity index (χ2v) is 5.74. The fraction of sp³-hybridized carbons (Fsp3) is 0.800. The molecule has 0 saturated heterocycles. The van der Waals surface area contributed by atoms with Crippen molar-refractivity contribution in [2.75, 3.05) is 13.2 Å². The van der Waals surface area contributed by atoms with Gasteiger partial charge in [-0.1, -0.05) is 5.18 Å². The monoisotopic (exact) mass is 363 g/mol. The smallest absolute Gasteiger partial charge is 0.308 e. The second kappa shape index (κ2) is 12.3. The summed E-state index contributed by atoms with van der Waals surface area (Å²) in [5.41, 5.74) is 0. The first kappa shape index (κ1) is 22.9. The third-order valence-electron chi connectivity index (χ3n) is 2.72. The van der Waals surface area contributed by atoms with Gasteiger partial charge in [-0.05, 0) is 20.8 Å². The highest BCUT2D eigenvalue weighted by Crippen LogP contribution is 2.05. The Morgan fingerprint density at radius 1 is 0.840 bits per heavy atom. The van der Waals surface area contributed by atoms with Gasteiger partial charge in [0.2, 0.25) is 0 Å². The standard InChI is InChI=1S/C15H25NO9/c1-9(16-22)4-13(19)23-7-12(25-15(21)6-11(3)18)8-24-14(20)5-10(2)17/h9-12,17-18H,4-8H2,1-3H3. The lowest BCUT2D eigenvalue weighted by Crippen LogP contribution is -2.32. The number of rotatable bonds is 12. The molecule has 0 fully saturated rings. The normalized spacial score (nSPS) is 15.4. The lowest BCUT2D eigenvalue weighted by molar-refractivity contribution is -0.168. The average Bonchev–Trinajstić information content (AvgIpc) is 2.48. The summed E-state index contributed by atoms with van der Waals surface area (Å²) < 4.78 is 14.7. The molecule has 4 unspecified atom stereocenters. The Balaban J connectivity index is 4.55. The Kier molecular flexibility index (Phi) is 11.3. The van der Waals surface area contributed by atoms with E-state index in [1.807, 2.05) is 0 Å². The van der Waals surface area contributed by atoms with E-state index in [-0.39, 0.29) is 25.9 Å². The number of aliphatic hydroxyl groups excluding tert-OH is 2. The van der Waals surface area contributed by atoms with E-state index in [1.165, 1.54) is 20.8 Å². The molecule has 0 aliphatic rings. The minimum atomic E-state index is -1.08. The van der Waals surface area contributed by atoms with Gasteiger partial charge in [-0.25, -0.2) is 0 Å². The molecule has 0 aromatic carbocycles. The Morgan fingerprint density at radius 3 is 1.72 bits per heavy atom.